The van der Waals surface area contributed by atoms with Crippen molar-refractivity contribution >= 4 is 5.65 Å². The van der Waals surface area contributed by atoms with E-state index in [0.29, 0.717) is 0 Å². The SMILES string of the molecule is Cc1cnn2ccnc2c1. The average molecular weight is 133 g/mol. The maximum absolute atomic E-state index is 4.09. The minimum absolute atomic E-state index is 0.903. The number of aromatic nitrogens is 3. The highest BCUT2D eigenvalue weighted by atomic mass is 15.2. The quantitative estimate of drug-likeness (QED) is 0.537. The first-order chi connectivity index (χ1) is 4.86. The van der Waals surface area contributed by atoms with Crippen LogP contribution < -0.4 is 0 Å². The molecule has 0 aliphatic rings. The Morgan fingerprint density at radius 3 is 3.30 bits per heavy atom. The van der Waals surface area contributed by atoms with E-state index in [2.05, 4.69) is 10.1 Å². The lowest BCUT2D eigenvalue weighted by Gasteiger charge is -1.91. The van der Waals surface area contributed by atoms with Gasteiger partial charge in [0.1, 0.15) is 0 Å². The average Bonchev–Trinajstić information content (AvgIpc) is 2.33. The van der Waals surface area contributed by atoms with Crippen molar-refractivity contribution in [2.45, 2.75) is 6.92 Å². The fraction of sp³-hybridized carbons (Fsp3) is 0.143. The van der Waals surface area contributed by atoms with E-state index in [1.165, 1.54) is 0 Å². The molecular weight excluding hydrogens is 126 g/mol. The summed E-state index contributed by atoms with van der Waals surface area (Å²) in [6.07, 6.45) is 5.38. The van der Waals surface area contributed by atoms with Gasteiger partial charge >= 0.3 is 0 Å². The normalized spacial score (nSPS) is 10.5. The third-order valence-corrected chi connectivity index (χ3v) is 1.39. The predicted octanol–water partition coefficient (Wildman–Crippen LogP) is 1.04. The van der Waals surface area contributed by atoms with Gasteiger partial charge in [-0.1, -0.05) is 0 Å². The van der Waals surface area contributed by atoms with Crippen LogP contribution in [0.3, 0.4) is 0 Å². The molecular formula is C7H7N3. The Bertz CT molecular complexity index is 350. The molecule has 0 amide bonds. The molecule has 50 valence electrons. The van der Waals surface area contributed by atoms with Crippen LogP contribution in [0.4, 0.5) is 0 Å². The summed E-state index contributed by atoms with van der Waals surface area (Å²) in [5.41, 5.74) is 2.04. The van der Waals surface area contributed by atoms with Gasteiger partial charge < -0.3 is 0 Å². The lowest BCUT2D eigenvalue weighted by atomic mass is 10.3. The van der Waals surface area contributed by atoms with Gasteiger partial charge in [-0.05, 0) is 18.6 Å². The highest BCUT2D eigenvalue weighted by Gasteiger charge is 1.91. The molecule has 0 aromatic carbocycles. The van der Waals surface area contributed by atoms with Crippen LogP contribution in [0.15, 0.2) is 24.7 Å². The number of nitrogens with zero attached hydrogens (tertiary/aromatic N) is 3. The van der Waals surface area contributed by atoms with E-state index in [1.54, 1.807) is 10.7 Å². The molecule has 2 aromatic heterocycles. The summed E-state index contributed by atoms with van der Waals surface area (Å²) in [4.78, 5) is 4.08. The molecule has 0 spiro atoms. The summed E-state index contributed by atoms with van der Waals surface area (Å²) >= 11 is 0. The number of fused-ring (bicyclic) bond motifs is 1. The minimum atomic E-state index is 0.903. The zero-order valence-corrected chi connectivity index (χ0v) is 5.65. The molecule has 0 bridgehead atoms. The van der Waals surface area contributed by atoms with Crippen LogP contribution in [0, 0.1) is 6.92 Å². The molecule has 0 fully saturated rings. The van der Waals surface area contributed by atoms with Crippen LogP contribution in [-0.2, 0) is 0 Å². The molecule has 0 unspecified atom stereocenters. The lowest BCUT2D eigenvalue weighted by Crippen LogP contribution is -1.89. The number of aryl methyl sites for hydroxylation is 1. The summed E-state index contributed by atoms with van der Waals surface area (Å²) in [6.45, 7) is 2.00. The largest absolute Gasteiger partial charge is 0.236 e. The Labute approximate surface area is 58.3 Å². The van der Waals surface area contributed by atoms with Gasteiger partial charge in [-0.2, -0.15) is 5.10 Å². The lowest BCUT2D eigenvalue weighted by molar-refractivity contribution is 0.927. The number of hydrogen-bond donors (Lipinski definition) is 0. The van der Waals surface area contributed by atoms with Crippen LogP contribution in [0.5, 0.6) is 0 Å². The topological polar surface area (TPSA) is 30.2 Å². The highest BCUT2D eigenvalue weighted by molar-refractivity contribution is 5.38. The number of rotatable bonds is 0. The van der Waals surface area contributed by atoms with Crippen molar-refractivity contribution in [3.63, 3.8) is 0 Å². The Kier molecular flexibility index (Phi) is 0.974. The Morgan fingerprint density at radius 1 is 1.50 bits per heavy atom. The minimum Gasteiger partial charge on any atom is -0.236 e. The first kappa shape index (κ1) is 5.41. The molecule has 2 heterocycles. The van der Waals surface area contributed by atoms with Gasteiger partial charge in [-0.15, -0.1) is 0 Å². The second kappa shape index (κ2) is 1.80. The summed E-state index contributed by atoms with van der Waals surface area (Å²) in [7, 11) is 0. The van der Waals surface area contributed by atoms with E-state index in [0.717, 1.165) is 11.2 Å². The van der Waals surface area contributed by atoms with Gasteiger partial charge in [-0.25, -0.2) is 9.50 Å². The smallest absolute Gasteiger partial charge is 0.153 e. The van der Waals surface area contributed by atoms with E-state index < -0.39 is 0 Å². The van der Waals surface area contributed by atoms with Crippen molar-refractivity contribution in [2.24, 2.45) is 0 Å². The molecule has 0 aliphatic carbocycles. The van der Waals surface area contributed by atoms with Gasteiger partial charge in [0.2, 0.25) is 0 Å². The molecule has 0 N–H and O–H groups in total. The Balaban J connectivity index is 2.86. The maximum atomic E-state index is 4.09. The molecule has 0 saturated heterocycles. The second-order valence-electron chi connectivity index (χ2n) is 2.26. The molecule has 2 aromatic rings. The highest BCUT2D eigenvalue weighted by Crippen LogP contribution is 1.99. The van der Waals surface area contributed by atoms with Gasteiger partial charge in [-0.3, -0.25) is 0 Å². The van der Waals surface area contributed by atoms with Crippen molar-refractivity contribution in [3.05, 3.63) is 30.2 Å². The Morgan fingerprint density at radius 2 is 2.40 bits per heavy atom. The standard InChI is InChI=1S/C7H7N3/c1-6-4-7-8-2-3-10(7)9-5-6/h2-5H,1H3. The first-order valence-electron chi connectivity index (χ1n) is 3.12. The molecule has 2 rings (SSSR count). The van der Waals surface area contributed by atoms with Crippen LogP contribution in [0.2, 0.25) is 0 Å². The van der Waals surface area contributed by atoms with E-state index in [1.807, 2.05) is 25.4 Å². The van der Waals surface area contributed by atoms with Gasteiger partial charge in [0, 0.05) is 12.4 Å². The molecule has 3 heteroatoms. The first-order valence-corrected chi connectivity index (χ1v) is 3.12. The molecule has 0 atom stereocenters. The van der Waals surface area contributed by atoms with Crippen LogP contribution in [0.25, 0.3) is 5.65 Å². The van der Waals surface area contributed by atoms with Crippen LogP contribution >= 0.6 is 0 Å². The number of imidazole rings is 1. The van der Waals surface area contributed by atoms with Crippen molar-refractivity contribution in [1.29, 1.82) is 0 Å². The van der Waals surface area contributed by atoms with E-state index in [-0.39, 0.29) is 0 Å². The maximum Gasteiger partial charge on any atom is 0.153 e. The summed E-state index contributed by atoms with van der Waals surface area (Å²) in [5.74, 6) is 0. The van der Waals surface area contributed by atoms with E-state index in [4.69, 9.17) is 0 Å². The third kappa shape index (κ3) is 0.673. The van der Waals surface area contributed by atoms with Gasteiger partial charge in [0.15, 0.2) is 5.65 Å². The molecule has 3 nitrogen and oxygen atoms in total. The van der Waals surface area contributed by atoms with Crippen LogP contribution in [0.1, 0.15) is 5.56 Å². The number of hydrogen-bond acceptors (Lipinski definition) is 2. The van der Waals surface area contributed by atoms with Crippen molar-refractivity contribution in [1.82, 2.24) is 14.6 Å². The fourth-order valence-electron chi connectivity index (χ4n) is 0.904. The predicted molar refractivity (Wildman–Crippen MR) is 37.7 cm³/mol. The fourth-order valence-corrected chi connectivity index (χ4v) is 0.904. The van der Waals surface area contributed by atoms with Gasteiger partial charge in [0.25, 0.3) is 0 Å². The van der Waals surface area contributed by atoms with Crippen molar-refractivity contribution in [3.8, 4) is 0 Å². The summed E-state index contributed by atoms with van der Waals surface area (Å²) in [6, 6.07) is 1.99. The zero-order chi connectivity index (χ0) is 6.97. The monoisotopic (exact) mass is 133 g/mol. The third-order valence-electron chi connectivity index (χ3n) is 1.39. The molecule has 0 radical (unpaired) electrons. The van der Waals surface area contributed by atoms with Crippen LogP contribution in [-0.4, -0.2) is 14.6 Å². The summed E-state index contributed by atoms with van der Waals surface area (Å²) in [5, 5.41) is 4.09. The molecule has 0 saturated carbocycles. The molecule has 0 aliphatic heterocycles. The van der Waals surface area contributed by atoms with E-state index in [9.17, 15) is 0 Å². The van der Waals surface area contributed by atoms with Crippen molar-refractivity contribution < 1.29 is 0 Å². The zero-order valence-electron chi connectivity index (χ0n) is 5.65. The van der Waals surface area contributed by atoms with Gasteiger partial charge in [0.05, 0.1) is 6.20 Å². The van der Waals surface area contributed by atoms with E-state index >= 15 is 0 Å². The van der Waals surface area contributed by atoms with Crippen molar-refractivity contribution in [2.75, 3.05) is 0 Å². The Hall–Kier alpha value is -1.38. The summed E-state index contributed by atoms with van der Waals surface area (Å²) < 4.78 is 1.74. The second-order valence-corrected chi connectivity index (χ2v) is 2.26. The molecule has 10 heavy (non-hydrogen) atoms.